The van der Waals surface area contributed by atoms with Gasteiger partial charge in [0, 0.05) is 14.2 Å². The van der Waals surface area contributed by atoms with Crippen molar-refractivity contribution < 1.29 is 8.85 Å². The zero-order chi connectivity index (χ0) is 7.49. The van der Waals surface area contributed by atoms with Gasteiger partial charge in [0.1, 0.15) is 0 Å². The van der Waals surface area contributed by atoms with Crippen LogP contribution in [-0.4, -0.2) is 26.9 Å². The van der Waals surface area contributed by atoms with Crippen molar-refractivity contribution in [1.29, 1.82) is 0 Å². The van der Waals surface area contributed by atoms with Crippen molar-refractivity contribution in [1.82, 2.24) is 0 Å². The van der Waals surface area contributed by atoms with E-state index in [2.05, 4.69) is 0 Å². The molecule has 0 aromatic rings. The quantitative estimate of drug-likeness (QED) is 0.506. The van der Waals surface area contributed by atoms with Crippen LogP contribution in [-0.2, 0) is 8.85 Å². The molecule has 0 saturated carbocycles. The predicted molar refractivity (Wildman–Crippen MR) is 41.5 cm³/mol. The smallest absolute Gasteiger partial charge is 0.374 e. The Balaban J connectivity index is 3.79. The van der Waals surface area contributed by atoms with Gasteiger partial charge in [-0.15, -0.1) is 0 Å². The van der Waals surface area contributed by atoms with Gasteiger partial charge in [-0.25, -0.2) is 0 Å². The van der Waals surface area contributed by atoms with Gasteiger partial charge in [0.25, 0.3) is 0 Å². The van der Waals surface area contributed by atoms with Crippen molar-refractivity contribution in [2.45, 2.75) is 3.42 Å². The molecule has 0 aliphatic carbocycles. The lowest BCUT2D eigenvalue weighted by Crippen LogP contribution is -2.35. The molecule has 0 N–H and O–H groups in total. The fraction of sp³-hybridized carbons (Fsp3) is 1.00. The van der Waals surface area contributed by atoms with E-state index >= 15 is 0 Å². The maximum absolute atomic E-state index is 5.44. The van der Waals surface area contributed by atoms with E-state index in [1.807, 2.05) is 0 Å². The van der Waals surface area contributed by atoms with Gasteiger partial charge in [0.2, 0.25) is 3.42 Å². The average Bonchev–Trinajstić information content (AvgIpc) is 1.65. The molecule has 0 aliphatic rings. The molecule has 0 unspecified atom stereocenters. The summed E-state index contributed by atoms with van der Waals surface area (Å²) in [7, 11) is 0.837. The molecule has 0 saturated heterocycles. The molecule has 0 atom stereocenters. The molecular formula is C3H7Cl3O2Si. The summed E-state index contributed by atoms with van der Waals surface area (Å²) in [6.45, 7) is 0. The van der Waals surface area contributed by atoms with Gasteiger partial charge in [0.15, 0.2) is 0 Å². The van der Waals surface area contributed by atoms with Crippen LogP contribution in [0.5, 0.6) is 0 Å². The number of halogens is 3. The minimum atomic E-state index is -2.08. The highest BCUT2D eigenvalue weighted by Crippen LogP contribution is 2.29. The number of hydrogen-bond donors (Lipinski definition) is 0. The van der Waals surface area contributed by atoms with Crippen LogP contribution in [0.1, 0.15) is 0 Å². The number of alkyl halides is 3. The number of hydrogen-bond acceptors (Lipinski definition) is 2. The van der Waals surface area contributed by atoms with E-state index in [1.165, 1.54) is 14.2 Å². The van der Waals surface area contributed by atoms with Crippen molar-refractivity contribution >= 4 is 44.1 Å². The third-order valence-electron chi connectivity index (χ3n) is 0.695. The third-order valence-corrected chi connectivity index (χ3v) is 3.69. The van der Waals surface area contributed by atoms with Crippen molar-refractivity contribution in [3.8, 4) is 0 Å². The molecule has 0 aromatic heterocycles. The molecule has 0 bridgehead atoms. The Hall–Kier alpha value is 1.01. The lowest BCUT2D eigenvalue weighted by Gasteiger charge is -2.17. The highest BCUT2D eigenvalue weighted by Gasteiger charge is 2.36. The molecule has 0 fully saturated rings. The summed E-state index contributed by atoms with van der Waals surface area (Å²) < 4.78 is 8.20. The topological polar surface area (TPSA) is 18.5 Å². The summed E-state index contributed by atoms with van der Waals surface area (Å²) in [6.07, 6.45) is 0. The normalized spacial score (nSPS) is 12.7. The van der Waals surface area contributed by atoms with Crippen LogP contribution in [0.2, 0.25) is 0 Å². The maximum atomic E-state index is 5.44. The first-order chi connectivity index (χ1) is 4.02. The molecule has 0 aromatic carbocycles. The lowest BCUT2D eigenvalue weighted by molar-refractivity contribution is 0.278. The van der Waals surface area contributed by atoms with Crippen molar-refractivity contribution in [3.63, 3.8) is 0 Å². The molecule has 9 heavy (non-hydrogen) atoms. The third kappa shape index (κ3) is 3.65. The second-order valence-corrected chi connectivity index (χ2v) is 7.28. The standard InChI is InChI=1S/C3H7Cl3O2Si/c1-7-9(8-2)3(4,5)6/h9H,1-2H3. The molecule has 0 rings (SSSR count). The Bertz CT molecular complexity index is 79.6. The first kappa shape index (κ1) is 10.0. The second-order valence-electron chi connectivity index (χ2n) is 1.34. The van der Waals surface area contributed by atoms with E-state index in [4.69, 9.17) is 43.7 Å². The van der Waals surface area contributed by atoms with Crippen LogP contribution in [0, 0.1) is 0 Å². The van der Waals surface area contributed by atoms with Crippen LogP contribution < -0.4 is 0 Å². The monoisotopic (exact) mass is 208 g/mol. The lowest BCUT2D eigenvalue weighted by atomic mass is 11.8. The summed E-state index contributed by atoms with van der Waals surface area (Å²) in [5.74, 6) is 0. The van der Waals surface area contributed by atoms with E-state index in [0.29, 0.717) is 0 Å². The zero-order valence-corrected chi connectivity index (χ0v) is 8.45. The first-order valence-electron chi connectivity index (χ1n) is 2.14. The van der Waals surface area contributed by atoms with Crippen LogP contribution in [0.25, 0.3) is 0 Å². The molecule has 0 amide bonds. The van der Waals surface area contributed by atoms with Gasteiger partial charge in [-0.05, 0) is 0 Å². The molecule has 0 heterocycles. The Kier molecular flexibility index (Phi) is 4.45. The second kappa shape index (κ2) is 4.01. The van der Waals surface area contributed by atoms with E-state index in [-0.39, 0.29) is 0 Å². The van der Waals surface area contributed by atoms with Gasteiger partial charge < -0.3 is 8.85 Å². The molecule has 56 valence electrons. The highest BCUT2D eigenvalue weighted by molar-refractivity contribution is 6.90. The molecule has 0 spiro atoms. The summed E-state index contributed by atoms with van der Waals surface area (Å²) in [6, 6.07) is 0. The highest BCUT2D eigenvalue weighted by atomic mass is 35.6. The van der Waals surface area contributed by atoms with E-state index in [0.717, 1.165) is 0 Å². The largest absolute Gasteiger partial charge is 0.398 e. The number of rotatable bonds is 2. The zero-order valence-electron chi connectivity index (χ0n) is 5.03. The summed E-state index contributed by atoms with van der Waals surface area (Å²) in [4.78, 5) is 0. The van der Waals surface area contributed by atoms with Crippen molar-refractivity contribution in [2.75, 3.05) is 14.2 Å². The van der Waals surface area contributed by atoms with E-state index < -0.39 is 12.7 Å². The van der Waals surface area contributed by atoms with Crippen molar-refractivity contribution in [2.24, 2.45) is 0 Å². The molecule has 0 radical (unpaired) electrons. The SMILES string of the molecule is CO[SiH](OC)C(Cl)(Cl)Cl. The average molecular weight is 210 g/mol. The van der Waals surface area contributed by atoms with Crippen LogP contribution >= 0.6 is 34.8 Å². The summed E-state index contributed by atoms with van der Waals surface area (Å²) >= 11 is 16.3. The fourth-order valence-corrected chi connectivity index (χ4v) is 2.69. The molecule has 6 heteroatoms. The van der Waals surface area contributed by atoms with Gasteiger partial charge in [-0.2, -0.15) is 0 Å². The summed E-state index contributed by atoms with van der Waals surface area (Å²) in [5, 5.41) is 0. The van der Waals surface area contributed by atoms with Gasteiger partial charge in [-0.1, -0.05) is 34.8 Å². The Labute approximate surface area is 70.8 Å². The van der Waals surface area contributed by atoms with Crippen molar-refractivity contribution in [3.05, 3.63) is 0 Å². The maximum Gasteiger partial charge on any atom is 0.374 e. The Morgan fingerprint density at radius 1 is 1.11 bits per heavy atom. The summed E-state index contributed by atoms with van der Waals surface area (Å²) in [5.41, 5.74) is 0. The predicted octanol–water partition coefficient (Wildman–Crippen LogP) is 1.41. The van der Waals surface area contributed by atoms with Crippen LogP contribution in [0.3, 0.4) is 0 Å². The molecular weight excluding hydrogens is 202 g/mol. The fourth-order valence-electron chi connectivity index (χ4n) is 0.363. The Morgan fingerprint density at radius 3 is 1.44 bits per heavy atom. The van der Waals surface area contributed by atoms with Gasteiger partial charge >= 0.3 is 9.28 Å². The molecule has 0 aliphatic heterocycles. The van der Waals surface area contributed by atoms with Crippen LogP contribution in [0.15, 0.2) is 0 Å². The molecule has 2 nitrogen and oxygen atoms in total. The first-order valence-corrected chi connectivity index (χ1v) is 4.80. The van der Waals surface area contributed by atoms with Crippen LogP contribution in [0.4, 0.5) is 0 Å². The van der Waals surface area contributed by atoms with E-state index in [1.54, 1.807) is 0 Å². The van der Waals surface area contributed by atoms with Gasteiger partial charge in [-0.3, -0.25) is 0 Å². The minimum absolute atomic E-state index is 1.37. The van der Waals surface area contributed by atoms with E-state index in [9.17, 15) is 0 Å². The van der Waals surface area contributed by atoms with Gasteiger partial charge in [0.05, 0.1) is 0 Å². The minimum Gasteiger partial charge on any atom is -0.398 e. The Morgan fingerprint density at radius 2 is 1.44 bits per heavy atom.